The number of rotatable bonds is 6. The molecule has 3 aromatic rings. The van der Waals surface area contributed by atoms with E-state index >= 15 is 0 Å². The van der Waals surface area contributed by atoms with E-state index in [1.807, 2.05) is 42.5 Å². The van der Waals surface area contributed by atoms with Gasteiger partial charge in [-0.25, -0.2) is 0 Å². The van der Waals surface area contributed by atoms with Crippen LogP contribution in [0.15, 0.2) is 30.3 Å². The van der Waals surface area contributed by atoms with E-state index in [0.717, 1.165) is 43.3 Å². The number of nitrogens with zero attached hydrogens (tertiary/aromatic N) is 5. The number of aromatic amines is 1. The molecular weight excluding hydrogens is 400 g/mol. The number of piperazine rings is 1. The minimum absolute atomic E-state index is 0.484. The normalized spacial score (nSPS) is 16.9. The van der Waals surface area contributed by atoms with Crippen LogP contribution in [0.2, 0.25) is 5.02 Å². The number of nitrogens with one attached hydrogen (secondary N) is 3. The lowest BCUT2D eigenvalue weighted by Crippen LogP contribution is -2.44. The van der Waals surface area contributed by atoms with Gasteiger partial charge in [0.25, 0.3) is 0 Å². The van der Waals surface area contributed by atoms with E-state index in [0.29, 0.717) is 28.7 Å². The molecule has 154 valence electrons. The van der Waals surface area contributed by atoms with Crippen LogP contribution in [0.1, 0.15) is 35.8 Å². The number of hydrogen-bond donors (Lipinski definition) is 3. The van der Waals surface area contributed by atoms with Crippen molar-refractivity contribution >= 4 is 41.5 Å². The molecule has 1 saturated heterocycles. The first kappa shape index (κ1) is 19.0. The lowest BCUT2D eigenvalue weighted by Gasteiger charge is -2.27. The summed E-state index contributed by atoms with van der Waals surface area (Å²) >= 11 is 6.09. The second-order valence-electron chi connectivity index (χ2n) is 7.55. The topological polar surface area (TPSA) is 94.7 Å². The third-order valence-corrected chi connectivity index (χ3v) is 5.40. The summed E-state index contributed by atoms with van der Waals surface area (Å²) in [4.78, 5) is 16.1. The molecule has 1 aromatic carbocycles. The van der Waals surface area contributed by atoms with E-state index in [1.54, 1.807) is 0 Å². The minimum Gasteiger partial charge on any atom is -0.338 e. The van der Waals surface area contributed by atoms with Crippen molar-refractivity contribution < 1.29 is 0 Å². The maximum absolute atomic E-state index is 6.09. The number of halogens is 1. The van der Waals surface area contributed by atoms with E-state index in [2.05, 4.69) is 40.7 Å². The molecule has 0 amide bonds. The molecular formula is C21H23ClN8. The Morgan fingerprint density at radius 3 is 2.73 bits per heavy atom. The van der Waals surface area contributed by atoms with Crippen LogP contribution in [-0.2, 0) is 0 Å². The molecule has 0 spiro atoms. The molecule has 2 aliphatic rings. The van der Waals surface area contributed by atoms with E-state index in [-0.39, 0.29) is 0 Å². The van der Waals surface area contributed by atoms with Crippen LogP contribution in [-0.4, -0.2) is 51.3 Å². The summed E-state index contributed by atoms with van der Waals surface area (Å²) in [6, 6.07) is 9.70. The zero-order valence-electron chi connectivity index (χ0n) is 16.5. The molecule has 1 aliphatic carbocycles. The number of aromatic nitrogens is 5. The van der Waals surface area contributed by atoms with Gasteiger partial charge in [-0.3, -0.25) is 5.10 Å². The monoisotopic (exact) mass is 422 g/mol. The molecule has 3 N–H and O–H groups in total. The van der Waals surface area contributed by atoms with Crippen LogP contribution in [0.25, 0.3) is 12.2 Å². The third-order valence-electron chi connectivity index (χ3n) is 5.17. The van der Waals surface area contributed by atoms with Crippen molar-refractivity contribution in [3.8, 4) is 0 Å². The van der Waals surface area contributed by atoms with Crippen molar-refractivity contribution in [2.75, 3.05) is 36.4 Å². The number of H-pyrrole nitrogens is 1. The minimum atomic E-state index is 0.484. The zero-order chi connectivity index (χ0) is 20.3. The summed E-state index contributed by atoms with van der Waals surface area (Å²) in [5.74, 6) is 3.06. The third kappa shape index (κ3) is 4.60. The fraction of sp³-hybridized carbons (Fsp3) is 0.333. The quantitative estimate of drug-likeness (QED) is 0.560. The highest BCUT2D eigenvalue weighted by atomic mass is 35.5. The van der Waals surface area contributed by atoms with Gasteiger partial charge in [0.2, 0.25) is 11.9 Å². The number of anilines is 3. The Morgan fingerprint density at radius 2 is 1.93 bits per heavy atom. The second-order valence-corrected chi connectivity index (χ2v) is 7.99. The Bertz CT molecular complexity index is 1050. The van der Waals surface area contributed by atoms with Crippen LogP contribution < -0.4 is 15.5 Å². The maximum Gasteiger partial charge on any atom is 0.233 e. The summed E-state index contributed by atoms with van der Waals surface area (Å²) in [5.41, 5.74) is 2.15. The molecule has 1 aliphatic heterocycles. The first-order valence-corrected chi connectivity index (χ1v) is 10.6. The second kappa shape index (κ2) is 8.41. The van der Waals surface area contributed by atoms with Gasteiger partial charge < -0.3 is 15.5 Å². The van der Waals surface area contributed by atoms with Crippen molar-refractivity contribution in [1.82, 2.24) is 30.5 Å². The van der Waals surface area contributed by atoms with Crippen molar-refractivity contribution in [3.63, 3.8) is 0 Å². The highest BCUT2D eigenvalue weighted by Gasteiger charge is 2.25. The van der Waals surface area contributed by atoms with Gasteiger partial charge in [-0.2, -0.15) is 20.1 Å². The highest BCUT2D eigenvalue weighted by Crippen LogP contribution is 2.39. The summed E-state index contributed by atoms with van der Waals surface area (Å²) in [6.45, 7) is 3.53. The summed E-state index contributed by atoms with van der Waals surface area (Å²) in [5, 5.41) is 14.7. The molecule has 0 unspecified atom stereocenters. The van der Waals surface area contributed by atoms with Crippen LogP contribution in [0.4, 0.5) is 17.7 Å². The lowest BCUT2D eigenvalue weighted by atomic mass is 10.2. The first-order chi connectivity index (χ1) is 14.7. The summed E-state index contributed by atoms with van der Waals surface area (Å²) in [7, 11) is 0. The fourth-order valence-electron chi connectivity index (χ4n) is 3.42. The van der Waals surface area contributed by atoms with Crippen LogP contribution in [0.5, 0.6) is 0 Å². The van der Waals surface area contributed by atoms with E-state index < -0.39 is 0 Å². The van der Waals surface area contributed by atoms with Gasteiger partial charge in [-0.1, -0.05) is 29.8 Å². The molecule has 0 bridgehead atoms. The van der Waals surface area contributed by atoms with E-state index in [9.17, 15) is 0 Å². The average Bonchev–Trinajstić information content (AvgIpc) is 3.52. The van der Waals surface area contributed by atoms with E-state index in [1.165, 1.54) is 12.8 Å². The predicted octanol–water partition coefficient (Wildman–Crippen LogP) is 3.45. The van der Waals surface area contributed by atoms with Crippen molar-refractivity contribution in [2.24, 2.45) is 0 Å². The number of hydrogen-bond acceptors (Lipinski definition) is 7. The predicted molar refractivity (Wildman–Crippen MR) is 119 cm³/mol. The maximum atomic E-state index is 6.09. The molecule has 30 heavy (non-hydrogen) atoms. The Balaban J connectivity index is 1.42. The molecule has 5 rings (SSSR count). The summed E-state index contributed by atoms with van der Waals surface area (Å²) < 4.78 is 0. The fourth-order valence-corrected chi connectivity index (χ4v) is 3.62. The SMILES string of the molecule is Clc1cccc(/C=C/c2nc(Nc3cc(C4CC4)[nH]n3)nc(N3CCNCC3)n2)c1. The van der Waals surface area contributed by atoms with Gasteiger partial charge >= 0.3 is 0 Å². The largest absolute Gasteiger partial charge is 0.338 e. The van der Waals surface area contributed by atoms with Crippen LogP contribution in [0, 0.1) is 0 Å². The smallest absolute Gasteiger partial charge is 0.233 e. The molecule has 3 heterocycles. The molecule has 2 fully saturated rings. The van der Waals surface area contributed by atoms with Gasteiger partial charge in [0.05, 0.1) is 0 Å². The van der Waals surface area contributed by atoms with Crippen LogP contribution >= 0.6 is 11.6 Å². The molecule has 0 radical (unpaired) electrons. The van der Waals surface area contributed by atoms with Crippen molar-refractivity contribution in [1.29, 1.82) is 0 Å². The van der Waals surface area contributed by atoms with Gasteiger partial charge in [-0.05, 0) is 36.6 Å². The van der Waals surface area contributed by atoms with Crippen molar-refractivity contribution in [2.45, 2.75) is 18.8 Å². The Kier molecular flexibility index (Phi) is 5.33. The summed E-state index contributed by atoms with van der Waals surface area (Å²) in [6.07, 6.45) is 6.27. The van der Waals surface area contributed by atoms with Gasteiger partial charge in [0.1, 0.15) is 0 Å². The van der Waals surface area contributed by atoms with Gasteiger partial charge in [0.15, 0.2) is 11.6 Å². The zero-order valence-corrected chi connectivity index (χ0v) is 17.2. The van der Waals surface area contributed by atoms with Gasteiger partial charge in [0, 0.05) is 48.9 Å². The molecule has 0 atom stereocenters. The standard InChI is InChI=1S/C21H23ClN8/c22-16-3-1-2-14(12-16)4-7-18-24-20(25-19-13-17(28-29-19)15-5-6-15)27-21(26-18)30-10-8-23-9-11-30/h1-4,7,12-13,15,23H,5-6,8-11H2,(H2,24,25,26,27,28,29)/b7-4+. The van der Waals surface area contributed by atoms with Gasteiger partial charge in [-0.15, -0.1) is 0 Å². The Labute approximate surface area is 179 Å². The average molecular weight is 423 g/mol. The van der Waals surface area contributed by atoms with Crippen molar-refractivity contribution in [3.05, 3.63) is 52.4 Å². The lowest BCUT2D eigenvalue weighted by molar-refractivity contribution is 0.579. The molecule has 1 saturated carbocycles. The Hall–Kier alpha value is -2.97. The molecule has 9 heteroatoms. The van der Waals surface area contributed by atoms with Crippen LogP contribution in [0.3, 0.4) is 0 Å². The first-order valence-electron chi connectivity index (χ1n) is 10.2. The molecule has 8 nitrogen and oxygen atoms in total. The Morgan fingerprint density at radius 1 is 1.07 bits per heavy atom. The molecule has 2 aromatic heterocycles. The van der Waals surface area contributed by atoms with E-state index in [4.69, 9.17) is 11.6 Å². The highest BCUT2D eigenvalue weighted by molar-refractivity contribution is 6.30. The number of benzene rings is 1.